The van der Waals surface area contributed by atoms with Gasteiger partial charge in [0.1, 0.15) is 10.7 Å². The van der Waals surface area contributed by atoms with Crippen LogP contribution in [-0.2, 0) is 23.7 Å². The van der Waals surface area contributed by atoms with E-state index in [1.165, 1.54) is 11.3 Å². The van der Waals surface area contributed by atoms with Gasteiger partial charge in [-0.2, -0.15) is 0 Å². The molecule has 0 fully saturated rings. The van der Waals surface area contributed by atoms with Crippen LogP contribution in [0, 0.1) is 5.92 Å². The first-order valence-corrected chi connectivity index (χ1v) is 17.8. The van der Waals surface area contributed by atoms with E-state index in [9.17, 15) is 14.4 Å². The molecule has 1 aromatic rings. The van der Waals surface area contributed by atoms with Crippen molar-refractivity contribution in [3.63, 3.8) is 0 Å². The van der Waals surface area contributed by atoms with Gasteiger partial charge in [-0.15, -0.1) is 11.3 Å². The minimum Gasteiger partial charge on any atom is -0.439 e. The summed E-state index contributed by atoms with van der Waals surface area (Å²) in [6.07, 6.45) is 6.76. The zero-order chi connectivity index (χ0) is 33.3. The van der Waals surface area contributed by atoms with Gasteiger partial charge in [0.25, 0.3) is 0 Å². The van der Waals surface area contributed by atoms with Crippen LogP contribution in [0.4, 0.5) is 4.79 Å². The van der Waals surface area contributed by atoms with Crippen LogP contribution < -0.4 is 11.1 Å². The predicted molar refractivity (Wildman–Crippen MR) is 179 cm³/mol. The highest BCUT2D eigenvalue weighted by Gasteiger charge is 2.32. The normalized spacial score (nSPS) is 12.7. The van der Waals surface area contributed by atoms with Crippen LogP contribution in [0.1, 0.15) is 120 Å². The quantitative estimate of drug-likeness (QED) is 0.0831. The first-order chi connectivity index (χ1) is 21.8. The Morgan fingerprint density at radius 2 is 1.56 bits per heavy atom. The van der Waals surface area contributed by atoms with Gasteiger partial charge in [-0.05, 0) is 25.2 Å². The third-order valence-electron chi connectivity index (χ3n) is 7.27. The molecule has 1 heterocycles. The van der Waals surface area contributed by atoms with E-state index < -0.39 is 12.2 Å². The molecule has 1 aromatic heterocycles. The van der Waals surface area contributed by atoms with E-state index in [-0.39, 0.29) is 30.2 Å². The summed E-state index contributed by atoms with van der Waals surface area (Å²) in [5, 5.41) is 5.06. The molecule has 1 rings (SSSR count). The maximum absolute atomic E-state index is 13.5. The lowest BCUT2D eigenvalue weighted by Gasteiger charge is -2.36. The Balaban J connectivity index is 2.93. The van der Waals surface area contributed by atoms with Crippen LogP contribution in [0.5, 0.6) is 0 Å². The molecule has 0 aliphatic carbocycles. The van der Waals surface area contributed by atoms with E-state index >= 15 is 0 Å². The molecule has 2 amide bonds. The van der Waals surface area contributed by atoms with Gasteiger partial charge in [0.2, 0.25) is 5.91 Å². The lowest BCUT2D eigenvalue weighted by atomic mass is 9.95. The third-order valence-corrected chi connectivity index (χ3v) is 8.21. The fourth-order valence-electron chi connectivity index (χ4n) is 4.77. The molecule has 0 bridgehead atoms. The molecule has 0 saturated heterocycles. The number of hydrogen-bond acceptors (Lipinski definition) is 10. The number of ether oxygens (including phenoxy) is 4. The molecule has 0 spiro atoms. The van der Waals surface area contributed by atoms with E-state index in [1.54, 1.807) is 5.38 Å². The number of nitrogens with two attached hydrogens (primary N) is 1. The topological polar surface area (TPSA) is 142 Å². The van der Waals surface area contributed by atoms with Crippen LogP contribution in [-0.4, -0.2) is 93.0 Å². The van der Waals surface area contributed by atoms with Crippen LogP contribution in [0.15, 0.2) is 5.38 Å². The highest BCUT2D eigenvalue weighted by Crippen LogP contribution is 2.31. The number of rotatable bonds is 28. The predicted octanol–water partition coefficient (Wildman–Crippen LogP) is 5.92. The summed E-state index contributed by atoms with van der Waals surface area (Å²) in [7, 11) is 0. The summed E-state index contributed by atoms with van der Waals surface area (Å²) in [4.78, 5) is 45.6. The number of nitrogens with one attached hydrogen (secondary N) is 1. The molecule has 0 aliphatic rings. The molecule has 260 valence electrons. The molecule has 11 nitrogen and oxygen atoms in total. The number of carbonyl (C=O) groups is 3. The van der Waals surface area contributed by atoms with Crippen LogP contribution >= 0.6 is 11.3 Å². The Kier molecular flexibility index (Phi) is 23.6. The largest absolute Gasteiger partial charge is 0.439 e. The average molecular weight is 657 g/mol. The van der Waals surface area contributed by atoms with Crippen LogP contribution in [0.3, 0.4) is 0 Å². The summed E-state index contributed by atoms with van der Waals surface area (Å²) in [5.41, 5.74) is 5.77. The second-order valence-corrected chi connectivity index (χ2v) is 12.4. The second kappa shape index (κ2) is 26.0. The maximum atomic E-state index is 13.5. The standard InChI is InChI=1S/C33H60N4O7S/c1-6-9-11-12-17-37(31(39)14-10-7-2)28(26(4)5)24-30(32-36-27(25-45-32)29(38)13-8-3)44-33(40)35-16-19-42-21-23-43-22-20-41-18-15-34/h25-26,28,30H,6-24,34H2,1-5H3,(H,35,40). The van der Waals surface area contributed by atoms with Gasteiger partial charge in [-0.3, -0.25) is 9.59 Å². The number of Topliss-reactive ketones (excluding diaryl/α,β-unsaturated/α-hetero) is 1. The Morgan fingerprint density at radius 1 is 0.889 bits per heavy atom. The van der Waals surface area contributed by atoms with Gasteiger partial charge in [0.15, 0.2) is 11.9 Å². The molecule has 2 unspecified atom stereocenters. The van der Waals surface area contributed by atoms with Crippen molar-refractivity contribution in [2.75, 3.05) is 59.3 Å². The van der Waals surface area contributed by atoms with Gasteiger partial charge in [0.05, 0.1) is 39.6 Å². The van der Waals surface area contributed by atoms with Gasteiger partial charge in [-0.25, -0.2) is 9.78 Å². The number of hydrogen-bond donors (Lipinski definition) is 2. The molecule has 0 aliphatic heterocycles. The number of unbranched alkanes of at least 4 members (excludes halogenated alkanes) is 4. The van der Waals surface area contributed by atoms with Crippen molar-refractivity contribution in [1.29, 1.82) is 0 Å². The van der Waals surface area contributed by atoms with E-state index in [0.29, 0.717) is 82.7 Å². The van der Waals surface area contributed by atoms with E-state index in [0.717, 1.165) is 44.9 Å². The fourth-order valence-corrected chi connectivity index (χ4v) is 5.64. The molecule has 0 aromatic carbocycles. The third kappa shape index (κ3) is 18.0. The van der Waals surface area contributed by atoms with Crippen molar-refractivity contribution in [2.45, 2.75) is 111 Å². The first kappa shape index (κ1) is 40.9. The first-order valence-electron chi connectivity index (χ1n) is 16.9. The Labute approximate surface area is 275 Å². The number of carbonyl (C=O) groups excluding carboxylic acids is 3. The molecule has 12 heteroatoms. The van der Waals surface area contributed by atoms with E-state index in [4.69, 9.17) is 24.7 Å². The zero-order valence-electron chi connectivity index (χ0n) is 28.5. The van der Waals surface area contributed by atoms with Crippen LogP contribution in [0.25, 0.3) is 0 Å². The van der Waals surface area contributed by atoms with Gasteiger partial charge >= 0.3 is 6.09 Å². The number of amides is 2. The second-order valence-electron chi connectivity index (χ2n) is 11.5. The van der Waals surface area contributed by atoms with Crippen molar-refractivity contribution >= 4 is 29.1 Å². The lowest BCUT2D eigenvalue weighted by Crippen LogP contribution is -2.45. The Hall–Kier alpha value is -2.12. The molecule has 3 N–H and O–H groups in total. The average Bonchev–Trinajstić information content (AvgIpc) is 3.52. The number of alkyl carbamates (subject to hydrolysis) is 1. The summed E-state index contributed by atoms with van der Waals surface area (Å²) in [6, 6.07) is -0.156. The minimum atomic E-state index is -0.710. The fraction of sp³-hybridized carbons (Fsp3) is 0.818. The summed E-state index contributed by atoms with van der Waals surface area (Å²) >= 11 is 1.32. The highest BCUT2D eigenvalue weighted by atomic mass is 32.1. The lowest BCUT2D eigenvalue weighted by molar-refractivity contribution is -0.135. The number of thiazole rings is 1. The number of aromatic nitrogens is 1. The summed E-state index contributed by atoms with van der Waals surface area (Å²) in [5.74, 6) is 0.234. The molecule has 2 atom stereocenters. The molecule has 0 saturated carbocycles. The highest BCUT2D eigenvalue weighted by molar-refractivity contribution is 7.09. The Morgan fingerprint density at radius 3 is 2.18 bits per heavy atom. The minimum absolute atomic E-state index is 0.0277. The maximum Gasteiger partial charge on any atom is 0.407 e. The monoisotopic (exact) mass is 656 g/mol. The summed E-state index contributed by atoms with van der Waals surface area (Å²) < 4.78 is 22.2. The van der Waals surface area contributed by atoms with Crippen molar-refractivity contribution in [3.05, 3.63) is 16.1 Å². The summed E-state index contributed by atoms with van der Waals surface area (Å²) in [6.45, 7) is 14.4. The molecular weight excluding hydrogens is 596 g/mol. The van der Waals surface area contributed by atoms with Gasteiger partial charge in [0, 0.05) is 50.3 Å². The zero-order valence-corrected chi connectivity index (χ0v) is 29.3. The SMILES string of the molecule is CCCCCCN(C(=O)CCCC)C(CC(OC(=O)NCCOCCOCCOCCN)c1nc(C(=O)CCC)cs1)C(C)C. The number of nitrogens with zero attached hydrogens (tertiary/aromatic N) is 2. The van der Waals surface area contributed by atoms with Crippen molar-refractivity contribution in [1.82, 2.24) is 15.2 Å². The van der Waals surface area contributed by atoms with Crippen molar-refractivity contribution in [2.24, 2.45) is 11.7 Å². The smallest absolute Gasteiger partial charge is 0.407 e. The molecule has 0 radical (unpaired) electrons. The van der Waals surface area contributed by atoms with E-state index in [2.05, 4.69) is 38.0 Å². The Bertz CT molecular complexity index is 931. The van der Waals surface area contributed by atoms with E-state index in [1.807, 2.05) is 11.8 Å². The van der Waals surface area contributed by atoms with Crippen molar-refractivity contribution in [3.8, 4) is 0 Å². The van der Waals surface area contributed by atoms with Gasteiger partial charge in [-0.1, -0.05) is 60.3 Å². The van der Waals surface area contributed by atoms with Gasteiger partial charge < -0.3 is 34.9 Å². The van der Waals surface area contributed by atoms with Crippen LogP contribution in [0.2, 0.25) is 0 Å². The molecule has 45 heavy (non-hydrogen) atoms. The number of ketones is 1. The molecular formula is C33H60N4O7S. The van der Waals surface area contributed by atoms with Crippen molar-refractivity contribution < 1.29 is 33.3 Å².